The molecule has 0 unspecified atom stereocenters. The fourth-order valence-corrected chi connectivity index (χ4v) is 3.06. The van der Waals surface area contributed by atoms with E-state index in [4.69, 9.17) is 4.74 Å². The average Bonchev–Trinajstić information content (AvgIpc) is 3.23. The molecule has 2 aromatic heterocycles. The number of hydrogen-bond acceptors (Lipinski definition) is 5. The number of rotatable bonds is 6. The van der Waals surface area contributed by atoms with Crippen LogP contribution < -0.4 is 4.74 Å². The van der Waals surface area contributed by atoms with Crippen molar-refractivity contribution in [2.24, 2.45) is 0 Å². The molecule has 0 amide bonds. The monoisotopic (exact) mass is 457 g/mol. The van der Waals surface area contributed by atoms with Crippen LogP contribution in [0.5, 0.6) is 5.75 Å². The topological polar surface area (TPSA) is 66.2 Å². The maximum absolute atomic E-state index is 14.1. The van der Waals surface area contributed by atoms with Crippen LogP contribution in [0, 0.1) is 5.82 Å². The third-order valence-electron chi connectivity index (χ3n) is 4.42. The number of ether oxygens (including phenoxy) is 2. The number of hydrogen-bond donors (Lipinski definition) is 0. The molecule has 168 valence electrons. The standard InChI is InChI=1S/C23H15F4N3O3/c24-17-9-16(10-19(11-17)33-23(25,26)27)21-12-20(29-30(21)18-7-4-8-28-13-18)22(31)32-14-15-5-2-1-3-6-15/h1-13H,14H2. The van der Waals surface area contributed by atoms with Crippen molar-refractivity contribution < 1.29 is 31.8 Å². The molecule has 0 fully saturated rings. The van der Waals surface area contributed by atoms with Crippen LogP contribution >= 0.6 is 0 Å². The van der Waals surface area contributed by atoms with E-state index < -0.39 is 23.9 Å². The Morgan fingerprint density at radius 3 is 2.48 bits per heavy atom. The molecule has 10 heteroatoms. The van der Waals surface area contributed by atoms with Gasteiger partial charge in [-0.2, -0.15) is 5.10 Å². The smallest absolute Gasteiger partial charge is 0.456 e. The van der Waals surface area contributed by atoms with E-state index in [0.29, 0.717) is 11.8 Å². The first-order valence-electron chi connectivity index (χ1n) is 9.57. The Labute approximate surface area is 185 Å². The van der Waals surface area contributed by atoms with Crippen molar-refractivity contribution in [3.05, 3.63) is 96.2 Å². The Bertz CT molecular complexity index is 1260. The van der Waals surface area contributed by atoms with E-state index in [9.17, 15) is 22.4 Å². The van der Waals surface area contributed by atoms with E-state index >= 15 is 0 Å². The number of benzene rings is 2. The molecular weight excluding hydrogens is 442 g/mol. The Hall–Kier alpha value is -4.21. The molecule has 6 nitrogen and oxygen atoms in total. The first kappa shape index (κ1) is 22.0. The highest BCUT2D eigenvalue weighted by Gasteiger charge is 2.31. The molecule has 0 N–H and O–H groups in total. The number of aromatic nitrogens is 3. The van der Waals surface area contributed by atoms with Gasteiger partial charge < -0.3 is 9.47 Å². The SMILES string of the molecule is O=C(OCc1ccccc1)c1cc(-c2cc(F)cc(OC(F)(F)F)c2)n(-c2cccnc2)n1. The zero-order valence-electron chi connectivity index (χ0n) is 16.8. The van der Waals surface area contributed by atoms with Crippen LogP contribution in [0.2, 0.25) is 0 Å². The van der Waals surface area contributed by atoms with Gasteiger partial charge in [-0.05, 0) is 35.9 Å². The number of carbonyl (C=O) groups excluding carboxylic acids is 1. The van der Waals surface area contributed by atoms with E-state index in [1.807, 2.05) is 6.07 Å². The summed E-state index contributed by atoms with van der Waals surface area (Å²) in [6, 6.07) is 16.1. The second kappa shape index (κ2) is 9.11. The Morgan fingerprint density at radius 2 is 1.79 bits per heavy atom. The van der Waals surface area contributed by atoms with Gasteiger partial charge in [-0.15, -0.1) is 13.2 Å². The highest BCUT2D eigenvalue weighted by molar-refractivity contribution is 5.89. The van der Waals surface area contributed by atoms with Gasteiger partial charge in [0.15, 0.2) is 5.69 Å². The molecule has 0 bridgehead atoms. The zero-order chi connectivity index (χ0) is 23.4. The predicted octanol–water partition coefficient (Wildman–Crippen LogP) is 5.33. The summed E-state index contributed by atoms with van der Waals surface area (Å²) in [5.74, 6) is -2.46. The number of nitrogens with zero attached hydrogens (tertiary/aromatic N) is 3. The minimum Gasteiger partial charge on any atom is -0.456 e. The van der Waals surface area contributed by atoms with Crippen molar-refractivity contribution in [1.29, 1.82) is 0 Å². The second-order valence-electron chi connectivity index (χ2n) is 6.82. The molecule has 33 heavy (non-hydrogen) atoms. The van der Waals surface area contributed by atoms with Crippen molar-refractivity contribution >= 4 is 5.97 Å². The van der Waals surface area contributed by atoms with Crippen LogP contribution in [0.25, 0.3) is 16.9 Å². The summed E-state index contributed by atoms with van der Waals surface area (Å²) in [6.45, 7) is -0.00169. The molecule has 0 spiro atoms. The van der Waals surface area contributed by atoms with Crippen molar-refractivity contribution in [3.8, 4) is 22.7 Å². The summed E-state index contributed by atoms with van der Waals surface area (Å²) < 4.78 is 62.5. The maximum atomic E-state index is 14.1. The Kier molecular flexibility index (Phi) is 6.07. The quantitative estimate of drug-likeness (QED) is 0.289. The van der Waals surface area contributed by atoms with Gasteiger partial charge in [-0.25, -0.2) is 13.9 Å². The first-order chi connectivity index (χ1) is 15.8. The third-order valence-corrected chi connectivity index (χ3v) is 4.42. The van der Waals surface area contributed by atoms with Crippen molar-refractivity contribution in [1.82, 2.24) is 14.8 Å². The molecule has 0 aliphatic heterocycles. The largest absolute Gasteiger partial charge is 0.573 e. The number of carbonyl (C=O) groups is 1. The average molecular weight is 457 g/mol. The summed E-state index contributed by atoms with van der Waals surface area (Å²) in [5.41, 5.74) is 1.19. The van der Waals surface area contributed by atoms with Gasteiger partial charge >= 0.3 is 12.3 Å². The van der Waals surface area contributed by atoms with E-state index in [2.05, 4.69) is 14.8 Å². The lowest BCUT2D eigenvalue weighted by atomic mass is 10.1. The maximum Gasteiger partial charge on any atom is 0.573 e. The Morgan fingerprint density at radius 1 is 1.00 bits per heavy atom. The van der Waals surface area contributed by atoms with Gasteiger partial charge in [0, 0.05) is 17.8 Å². The minimum atomic E-state index is -5.00. The Balaban J connectivity index is 1.71. The van der Waals surface area contributed by atoms with Gasteiger partial charge in [-0.1, -0.05) is 30.3 Å². The fourth-order valence-electron chi connectivity index (χ4n) is 3.06. The number of halogens is 4. The molecule has 0 aliphatic rings. The first-order valence-corrected chi connectivity index (χ1v) is 9.57. The lowest BCUT2D eigenvalue weighted by Crippen LogP contribution is -2.17. The second-order valence-corrected chi connectivity index (χ2v) is 6.82. The highest BCUT2D eigenvalue weighted by atomic mass is 19.4. The predicted molar refractivity (Wildman–Crippen MR) is 109 cm³/mol. The molecule has 2 heterocycles. The summed E-state index contributed by atoms with van der Waals surface area (Å²) in [6.07, 6.45) is -2.05. The number of pyridine rings is 1. The lowest BCUT2D eigenvalue weighted by Gasteiger charge is -2.11. The summed E-state index contributed by atoms with van der Waals surface area (Å²) in [5, 5.41) is 4.22. The zero-order valence-corrected chi connectivity index (χ0v) is 16.8. The number of esters is 1. The van der Waals surface area contributed by atoms with E-state index in [1.54, 1.807) is 36.4 Å². The molecule has 4 rings (SSSR count). The van der Waals surface area contributed by atoms with E-state index in [-0.39, 0.29) is 23.6 Å². The lowest BCUT2D eigenvalue weighted by molar-refractivity contribution is -0.274. The molecule has 0 saturated heterocycles. The fraction of sp³-hybridized carbons (Fsp3) is 0.0870. The van der Waals surface area contributed by atoms with E-state index in [1.165, 1.54) is 23.1 Å². The van der Waals surface area contributed by atoms with Gasteiger partial charge in [0.2, 0.25) is 0 Å². The molecule has 0 atom stereocenters. The van der Waals surface area contributed by atoms with Gasteiger partial charge in [0.25, 0.3) is 0 Å². The highest BCUT2D eigenvalue weighted by Crippen LogP contribution is 2.31. The van der Waals surface area contributed by atoms with Gasteiger partial charge in [0.1, 0.15) is 18.2 Å². The van der Waals surface area contributed by atoms with Crippen LogP contribution in [0.3, 0.4) is 0 Å². The normalized spacial score (nSPS) is 11.3. The molecule has 2 aromatic carbocycles. The van der Waals surface area contributed by atoms with Crippen molar-refractivity contribution in [2.45, 2.75) is 13.0 Å². The molecule has 0 radical (unpaired) electrons. The minimum absolute atomic E-state index is 0.00169. The summed E-state index contributed by atoms with van der Waals surface area (Å²) >= 11 is 0. The molecular formula is C23H15F4N3O3. The van der Waals surface area contributed by atoms with Gasteiger partial charge in [0.05, 0.1) is 17.6 Å². The third kappa shape index (κ3) is 5.53. The van der Waals surface area contributed by atoms with Crippen LogP contribution in [-0.2, 0) is 11.3 Å². The van der Waals surface area contributed by atoms with Crippen LogP contribution in [0.1, 0.15) is 16.1 Å². The van der Waals surface area contributed by atoms with Crippen molar-refractivity contribution in [3.63, 3.8) is 0 Å². The summed E-state index contributed by atoms with van der Waals surface area (Å²) in [4.78, 5) is 16.6. The van der Waals surface area contributed by atoms with Crippen LogP contribution in [0.4, 0.5) is 17.6 Å². The van der Waals surface area contributed by atoms with Gasteiger partial charge in [-0.3, -0.25) is 4.98 Å². The molecule has 0 saturated carbocycles. The summed E-state index contributed by atoms with van der Waals surface area (Å²) in [7, 11) is 0. The molecule has 0 aliphatic carbocycles. The number of alkyl halides is 3. The van der Waals surface area contributed by atoms with Crippen LogP contribution in [-0.4, -0.2) is 27.1 Å². The molecule has 4 aromatic rings. The van der Waals surface area contributed by atoms with Crippen molar-refractivity contribution in [2.75, 3.05) is 0 Å². The van der Waals surface area contributed by atoms with E-state index in [0.717, 1.165) is 17.7 Å². The van der Waals surface area contributed by atoms with Crippen LogP contribution in [0.15, 0.2) is 79.1 Å².